The second-order valence-electron chi connectivity index (χ2n) is 4.12. The summed E-state index contributed by atoms with van der Waals surface area (Å²) in [6.45, 7) is 4.36. The second kappa shape index (κ2) is 4.68. The molecular formula is C13H16N2O3. The van der Waals surface area contributed by atoms with Crippen LogP contribution in [0.1, 0.15) is 25.8 Å². The normalized spacial score (nSPS) is 22.6. The van der Waals surface area contributed by atoms with Crippen LogP contribution in [0.3, 0.4) is 0 Å². The average Bonchev–Trinajstić information content (AvgIpc) is 2.66. The summed E-state index contributed by atoms with van der Waals surface area (Å²) in [5.41, 5.74) is -0.196. The van der Waals surface area contributed by atoms with Crippen molar-refractivity contribution in [3.63, 3.8) is 0 Å². The van der Waals surface area contributed by atoms with Gasteiger partial charge >= 0.3 is 6.03 Å². The van der Waals surface area contributed by atoms with E-state index in [1.54, 1.807) is 24.3 Å². The monoisotopic (exact) mass is 248 g/mol. The summed E-state index contributed by atoms with van der Waals surface area (Å²) in [6, 6.07) is 6.76. The Morgan fingerprint density at radius 1 is 1.17 bits per heavy atom. The first-order valence-corrected chi connectivity index (χ1v) is 5.99. The Hall–Kier alpha value is -2.04. The zero-order chi connectivity index (χ0) is 13.2. The van der Waals surface area contributed by atoms with Gasteiger partial charge in [0.15, 0.2) is 0 Å². The molecule has 1 aromatic carbocycles. The van der Waals surface area contributed by atoms with Crippen molar-refractivity contribution in [3.8, 4) is 5.75 Å². The van der Waals surface area contributed by atoms with Gasteiger partial charge in [0.2, 0.25) is 0 Å². The van der Waals surface area contributed by atoms with Crippen LogP contribution in [0.25, 0.3) is 0 Å². The Balaban J connectivity index is 2.33. The van der Waals surface area contributed by atoms with E-state index in [0.29, 0.717) is 13.0 Å². The van der Waals surface area contributed by atoms with Crippen LogP contribution in [0.15, 0.2) is 24.3 Å². The fourth-order valence-corrected chi connectivity index (χ4v) is 2.15. The summed E-state index contributed by atoms with van der Waals surface area (Å²) in [5.74, 6) is 0.441. The molecule has 1 heterocycles. The van der Waals surface area contributed by atoms with Crippen molar-refractivity contribution in [1.29, 1.82) is 0 Å². The molecule has 96 valence electrons. The van der Waals surface area contributed by atoms with Gasteiger partial charge in [0, 0.05) is 0 Å². The minimum Gasteiger partial charge on any atom is -0.494 e. The molecule has 18 heavy (non-hydrogen) atoms. The van der Waals surface area contributed by atoms with E-state index in [9.17, 15) is 9.59 Å². The molecule has 5 heteroatoms. The van der Waals surface area contributed by atoms with Gasteiger partial charge in [-0.15, -0.1) is 0 Å². The largest absolute Gasteiger partial charge is 0.494 e. The number of amides is 3. The van der Waals surface area contributed by atoms with Gasteiger partial charge < -0.3 is 10.1 Å². The molecule has 1 unspecified atom stereocenters. The van der Waals surface area contributed by atoms with Crippen molar-refractivity contribution in [2.75, 3.05) is 6.61 Å². The highest BCUT2D eigenvalue weighted by molar-refractivity contribution is 6.07. The lowest BCUT2D eigenvalue weighted by Crippen LogP contribution is -2.43. The number of urea groups is 1. The van der Waals surface area contributed by atoms with E-state index in [1.165, 1.54) is 0 Å². The summed E-state index contributed by atoms with van der Waals surface area (Å²) < 4.78 is 5.35. The van der Waals surface area contributed by atoms with Crippen LogP contribution in [0.4, 0.5) is 4.79 Å². The summed E-state index contributed by atoms with van der Waals surface area (Å²) in [6.07, 6.45) is 0.499. The highest BCUT2D eigenvalue weighted by atomic mass is 16.5. The highest BCUT2D eigenvalue weighted by Crippen LogP contribution is 2.29. The number of hydrogen-bond donors (Lipinski definition) is 2. The van der Waals surface area contributed by atoms with Crippen molar-refractivity contribution < 1.29 is 14.3 Å². The first-order chi connectivity index (χ1) is 8.62. The molecule has 0 radical (unpaired) electrons. The molecule has 1 saturated heterocycles. The van der Waals surface area contributed by atoms with E-state index in [0.717, 1.165) is 11.3 Å². The van der Waals surface area contributed by atoms with Crippen molar-refractivity contribution in [3.05, 3.63) is 29.8 Å². The van der Waals surface area contributed by atoms with Gasteiger partial charge in [0.05, 0.1) is 6.61 Å². The van der Waals surface area contributed by atoms with Crippen molar-refractivity contribution >= 4 is 11.9 Å². The van der Waals surface area contributed by atoms with Gasteiger partial charge in [-0.2, -0.15) is 0 Å². The molecule has 1 aliphatic heterocycles. The Labute approximate surface area is 106 Å². The highest BCUT2D eigenvalue weighted by Gasteiger charge is 2.46. The number of carbonyl (C=O) groups is 2. The predicted molar refractivity (Wildman–Crippen MR) is 66.3 cm³/mol. The quantitative estimate of drug-likeness (QED) is 0.794. The molecule has 2 N–H and O–H groups in total. The van der Waals surface area contributed by atoms with Gasteiger partial charge in [0.1, 0.15) is 11.3 Å². The Morgan fingerprint density at radius 3 is 2.28 bits per heavy atom. The van der Waals surface area contributed by atoms with Crippen molar-refractivity contribution in [1.82, 2.24) is 10.6 Å². The van der Waals surface area contributed by atoms with E-state index < -0.39 is 11.6 Å². The van der Waals surface area contributed by atoms with Gasteiger partial charge in [-0.3, -0.25) is 10.1 Å². The molecule has 0 spiro atoms. The molecule has 1 atom stereocenters. The summed E-state index contributed by atoms with van der Waals surface area (Å²) in [4.78, 5) is 23.2. The third kappa shape index (κ3) is 1.92. The van der Waals surface area contributed by atoms with Crippen LogP contribution in [0, 0.1) is 0 Å². The molecule has 0 aromatic heterocycles. The maximum atomic E-state index is 11.9. The lowest BCUT2D eigenvalue weighted by molar-refractivity contribution is -0.124. The number of carbonyl (C=O) groups excluding carboxylic acids is 2. The zero-order valence-corrected chi connectivity index (χ0v) is 10.4. The molecule has 0 aliphatic carbocycles. The lowest BCUT2D eigenvalue weighted by Gasteiger charge is -2.24. The molecule has 0 bridgehead atoms. The van der Waals surface area contributed by atoms with E-state index in [1.807, 2.05) is 13.8 Å². The third-order valence-corrected chi connectivity index (χ3v) is 3.13. The predicted octanol–water partition coefficient (Wildman–Crippen LogP) is 1.53. The lowest BCUT2D eigenvalue weighted by atomic mass is 9.87. The fourth-order valence-electron chi connectivity index (χ4n) is 2.15. The minimum absolute atomic E-state index is 0.306. The zero-order valence-electron chi connectivity index (χ0n) is 10.4. The standard InChI is InChI=1S/C13H16N2O3/c1-3-13(11(16)14-12(17)15-13)9-5-7-10(8-6-9)18-4-2/h5-8H,3-4H2,1-2H3,(H2,14,15,16,17). The molecule has 1 aliphatic rings. The van der Waals surface area contributed by atoms with Crippen LogP contribution in [-0.4, -0.2) is 18.5 Å². The number of nitrogens with one attached hydrogen (secondary N) is 2. The maximum absolute atomic E-state index is 11.9. The van der Waals surface area contributed by atoms with Crippen LogP contribution in [0.2, 0.25) is 0 Å². The fraction of sp³-hybridized carbons (Fsp3) is 0.385. The van der Waals surface area contributed by atoms with Gasteiger partial charge in [0.25, 0.3) is 5.91 Å². The van der Waals surface area contributed by atoms with E-state index in [-0.39, 0.29) is 5.91 Å². The van der Waals surface area contributed by atoms with Crippen LogP contribution in [0.5, 0.6) is 5.75 Å². The Kier molecular flexibility index (Phi) is 3.23. The van der Waals surface area contributed by atoms with E-state index in [2.05, 4.69) is 10.6 Å². The molecular weight excluding hydrogens is 232 g/mol. The average molecular weight is 248 g/mol. The number of hydrogen-bond acceptors (Lipinski definition) is 3. The van der Waals surface area contributed by atoms with Crippen molar-refractivity contribution in [2.24, 2.45) is 0 Å². The molecule has 2 rings (SSSR count). The topological polar surface area (TPSA) is 67.4 Å². The molecule has 1 fully saturated rings. The number of rotatable bonds is 4. The molecule has 1 aromatic rings. The van der Waals surface area contributed by atoms with Crippen LogP contribution < -0.4 is 15.4 Å². The summed E-state index contributed by atoms with van der Waals surface area (Å²) >= 11 is 0. The SMILES string of the molecule is CCOc1ccc(C2(CC)NC(=O)NC2=O)cc1. The summed E-state index contributed by atoms with van der Waals surface area (Å²) in [7, 11) is 0. The van der Waals surface area contributed by atoms with Crippen molar-refractivity contribution in [2.45, 2.75) is 25.8 Å². The number of imide groups is 1. The summed E-state index contributed by atoms with van der Waals surface area (Å²) in [5, 5.41) is 4.97. The number of benzene rings is 1. The first kappa shape index (κ1) is 12.4. The van der Waals surface area contributed by atoms with E-state index in [4.69, 9.17) is 4.74 Å². The second-order valence-corrected chi connectivity index (χ2v) is 4.12. The van der Waals surface area contributed by atoms with Crippen LogP contribution >= 0.6 is 0 Å². The van der Waals surface area contributed by atoms with Crippen LogP contribution in [-0.2, 0) is 10.3 Å². The third-order valence-electron chi connectivity index (χ3n) is 3.13. The van der Waals surface area contributed by atoms with Gasteiger partial charge in [-0.25, -0.2) is 4.79 Å². The maximum Gasteiger partial charge on any atom is 0.322 e. The Morgan fingerprint density at radius 2 is 1.83 bits per heavy atom. The van der Waals surface area contributed by atoms with E-state index >= 15 is 0 Å². The molecule has 0 saturated carbocycles. The van der Waals surface area contributed by atoms with Gasteiger partial charge in [-0.1, -0.05) is 19.1 Å². The first-order valence-electron chi connectivity index (χ1n) is 5.99. The van der Waals surface area contributed by atoms with Gasteiger partial charge in [-0.05, 0) is 31.0 Å². The Bertz CT molecular complexity index is 470. The molecule has 5 nitrogen and oxygen atoms in total. The molecule has 3 amide bonds. The minimum atomic E-state index is -0.957. The smallest absolute Gasteiger partial charge is 0.322 e. The number of ether oxygens (including phenoxy) is 1.